The summed E-state index contributed by atoms with van der Waals surface area (Å²) in [6.07, 6.45) is 4.52. The number of benzene rings is 1. The number of methoxy groups -OCH3 is 1. The van der Waals surface area contributed by atoms with Gasteiger partial charge in [0.1, 0.15) is 11.3 Å². The number of esters is 1. The Bertz CT molecular complexity index is 1100. The Morgan fingerprint density at radius 2 is 2.04 bits per heavy atom. The molecule has 4 rings (SSSR count). The minimum atomic E-state index is -0.436. The summed E-state index contributed by atoms with van der Waals surface area (Å²) in [7, 11) is 1.33. The number of aromatic nitrogens is 3. The van der Waals surface area contributed by atoms with Crippen molar-refractivity contribution >= 4 is 28.3 Å². The summed E-state index contributed by atoms with van der Waals surface area (Å²) >= 11 is 0. The zero-order chi connectivity index (χ0) is 18.4. The molecule has 0 aliphatic heterocycles. The molecule has 0 bridgehead atoms. The lowest BCUT2D eigenvalue weighted by atomic mass is 9.88. The van der Waals surface area contributed by atoms with Crippen molar-refractivity contribution in [3.63, 3.8) is 0 Å². The average Bonchev–Trinajstić information content (AvgIpc) is 3.08. The van der Waals surface area contributed by atoms with Gasteiger partial charge >= 0.3 is 5.97 Å². The predicted molar refractivity (Wildman–Crippen MR) is 97.5 cm³/mol. The Balaban J connectivity index is 1.97. The van der Waals surface area contributed by atoms with Crippen LogP contribution >= 0.6 is 0 Å². The first-order chi connectivity index (χ1) is 12.5. The van der Waals surface area contributed by atoms with Crippen LogP contribution in [0.3, 0.4) is 0 Å². The highest BCUT2D eigenvalue weighted by Crippen LogP contribution is 2.32. The van der Waals surface area contributed by atoms with E-state index in [1.165, 1.54) is 7.11 Å². The van der Waals surface area contributed by atoms with Gasteiger partial charge in [0.25, 0.3) is 11.3 Å². The molecule has 1 fully saturated rings. The van der Waals surface area contributed by atoms with Crippen molar-refractivity contribution in [3.8, 4) is 0 Å². The maximum Gasteiger partial charge on any atom is 0.338 e. The van der Waals surface area contributed by atoms with Crippen LogP contribution in [0.15, 0.2) is 23.1 Å². The lowest BCUT2D eigenvalue weighted by Gasteiger charge is -2.18. The fourth-order valence-corrected chi connectivity index (χ4v) is 3.77. The van der Waals surface area contributed by atoms with Crippen LogP contribution in [0.5, 0.6) is 0 Å². The van der Waals surface area contributed by atoms with Gasteiger partial charge in [0.15, 0.2) is 0 Å². The Morgan fingerprint density at radius 1 is 1.31 bits per heavy atom. The van der Waals surface area contributed by atoms with Gasteiger partial charge in [0.2, 0.25) is 0 Å². The van der Waals surface area contributed by atoms with E-state index in [2.05, 4.69) is 9.97 Å². The molecule has 0 spiro atoms. The second-order valence-electron chi connectivity index (χ2n) is 6.81. The summed E-state index contributed by atoms with van der Waals surface area (Å²) in [5.74, 6) is 1.10. The lowest BCUT2D eigenvalue weighted by molar-refractivity contribution is 0.0600. The topological polar surface area (TPSA) is 97.9 Å². The standard InChI is InChI=1S/C19H19N3O4/c1-10-7-15-14(8-13(10)19(25)26-2)21-18(24)16-9-20-17(22(15)16)11-3-5-12(23)6-4-11/h7-9,11H,3-6H2,1-2H3,(H,21,24)/p+1. The maximum absolute atomic E-state index is 12.5. The molecule has 1 aliphatic carbocycles. The molecular weight excluding hydrogens is 334 g/mol. The molecule has 7 heteroatoms. The minimum Gasteiger partial charge on any atom is -0.465 e. The quantitative estimate of drug-likeness (QED) is 0.564. The fourth-order valence-electron chi connectivity index (χ4n) is 3.77. The van der Waals surface area contributed by atoms with Gasteiger partial charge in [-0.1, -0.05) is 0 Å². The molecule has 1 saturated carbocycles. The molecule has 0 unspecified atom stereocenters. The highest BCUT2D eigenvalue weighted by atomic mass is 16.5. The number of rotatable bonds is 2. The van der Waals surface area contributed by atoms with E-state index >= 15 is 0 Å². The number of hydrogen-bond acceptors (Lipinski definition) is 4. The molecule has 0 atom stereocenters. The molecule has 1 aromatic carbocycles. The first-order valence-corrected chi connectivity index (χ1v) is 8.65. The number of carbonyl (C=O) groups excluding carboxylic acids is 2. The largest absolute Gasteiger partial charge is 0.465 e. The summed E-state index contributed by atoms with van der Waals surface area (Å²) in [6, 6.07) is 3.53. The number of nitrogens with one attached hydrogen (secondary N) is 1. The van der Waals surface area contributed by atoms with Crippen molar-refractivity contribution in [1.82, 2.24) is 14.4 Å². The van der Waals surface area contributed by atoms with E-state index in [0.29, 0.717) is 35.2 Å². The van der Waals surface area contributed by atoms with E-state index in [4.69, 9.17) is 4.74 Å². The fraction of sp³-hybridized carbons (Fsp3) is 0.368. The molecule has 7 nitrogen and oxygen atoms in total. The Hall–Kier alpha value is -2.96. The Kier molecular flexibility index (Phi) is 3.86. The first-order valence-electron chi connectivity index (χ1n) is 8.65. The number of fused-ring (bicyclic) bond motifs is 3. The predicted octanol–water partition coefficient (Wildman–Crippen LogP) is 2.47. The number of imidazole rings is 1. The van der Waals surface area contributed by atoms with Gasteiger partial charge in [0, 0.05) is 5.92 Å². The van der Waals surface area contributed by atoms with Crippen molar-refractivity contribution < 1.29 is 14.3 Å². The number of carbonyl (C=O) groups is 1. The number of aromatic amines is 1. The van der Waals surface area contributed by atoms with Crippen LogP contribution in [0.4, 0.5) is 0 Å². The zero-order valence-corrected chi connectivity index (χ0v) is 14.7. The molecule has 0 saturated heterocycles. The van der Waals surface area contributed by atoms with Crippen molar-refractivity contribution in [3.05, 3.63) is 45.6 Å². The van der Waals surface area contributed by atoms with E-state index in [1.54, 1.807) is 12.3 Å². The third kappa shape index (κ3) is 2.51. The monoisotopic (exact) mass is 354 g/mol. The van der Waals surface area contributed by atoms with Crippen LogP contribution in [0.1, 0.15) is 53.3 Å². The van der Waals surface area contributed by atoms with Gasteiger partial charge in [-0.25, -0.2) is 9.78 Å². The van der Waals surface area contributed by atoms with Crippen molar-refractivity contribution in [2.24, 2.45) is 0 Å². The third-order valence-electron chi connectivity index (χ3n) is 5.19. The number of aryl methyl sites for hydroxylation is 1. The van der Waals surface area contributed by atoms with E-state index in [9.17, 15) is 14.4 Å². The van der Waals surface area contributed by atoms with Gasteiger partial charge in [-0.05, 0) is 37.5 Å². The van der Waals surface area contributed by atoms with Crippen LogP contribution in [0.2, 0.25) is 0 Å². The molecular formula is C19H20N3O4+. The van der Waals surface area contributed by atoms with Gasteiger partial charge in [0.05, 0.1) is 42.7 Å². The summed E-state index contributed by atoms with van der Waals surface area (Å²) in [4.78, 5) is 41.5. The summed E-state index contributed by atoms with van der Waals surface area (Å²) in [5, 5.41) is 0. The highest BCUT2D eigenvalue weighted by molar-refractivity contribution is 5.95. The SMILES string of the molecule is COC(=O)c1cc2[nH]c(=O)c3cnc(C4CCC(=[OH+])CC4)n3c2cc1C. The number of nitrogens with zero attached hydrogens (tertiary/aromatic N) is 2. The van der Waals surface area contributed by atoms with Crippen molar-refractivity contribution in [2.75, 3.05) is 7.11 Å². The summed E-state index contributed by atoms with van der Waals surface area (Å²) in [6.45, 7) is 1.84. The van der Waals surface area contributed by atoms with Crippen molar-refractivity contribution in [2.45, 2.75) is 38.5 Å². The molecule has 0 radical (unpaired) electrons. The molecule has 26 heavy (non-hydrogen) atoms. The van der Waals surface area contributed by atoms with Gasteiger partial charge in [-0.3, -0.25) is 14.0 Å². The van der Waals surface area contributed by atoms with Crippen molar-refractivity contribution in [1.29, 1.82) is 0 Å². The van der Waals surface area contributed by atoms with Crippen LogP contribution in [0, 0.1) is 6.92 Å². The molecule has 0 amide bonds. The van der Waals surface area contributed by atoms with Gasteiger partial charge in [-0.2, -0.15) is 0 Å². The van der Waals surface area contributed by atoms with E-state index in [0.717, 1.165) is 29.7 Å². The molecule has 3 aromatic rings. The van der Waals surface area contributed by atoms with E-state index in [1.807, 2.05) is 17.4 Å². The Morgan fingerprint density at radius 3 is 2.73 bits per heavy atom. The number of H-pyrrole nitrogens is 1. The smallest absolute Gasteiger partial charge is 0.338 e. The molecule has 1 aliphatic rings. The minimum absolute atomic E-state index is 0.180. The van der Waals surface area contributed by atoms with E-state index < -0.39 is 5.97 Å². The third-order valence-corrected chi connectivity index (χ3v) is 5.19. The number of hydrogen-bond donors (Lipinski definition) is 1. The Labute approximate surface area is 149 Å². The normalized spacial score (nSPS) is 17.8. The second kappa shape index (κ2) is 6.09. The summed E-state index contributed by atoms with van der Waals surface area (Å²) in [5.41, 5.74) is 2.80. The van der Waals surface area contributed by atoms with Crippen LogP contribution < -0.4 is 5.56 Å². The number of ether oxygens (including phenoxy) is 1. The zero-order valence-electron chi connectivity index (χ0n) is 14.7. The van der Waals surface area contributed by atoms with Crippen LogP contribution in [0.25, 0.3) is 16.6 Å². The molecule has 2 N–H and O–H groups in total. The second-order valence-corrected chi connectivity index (χ2v) is 6.81. The van der Waals surface area contributed by atoms with Crippen LogP contribution in [-0.4, -0.2) is 38.0 Å². The first kappa shape index (κ1) is 16.5. The maximum atomic E-state index is 12.5. The van der Waals surface area contributed by atoms with E-state index in [-0.39, 0.29) is 11.5 Å². The number of ketones is 1. The highest BCUT2D eigenvalue weighted by Gasteiger charge is 2.27. The van der Waals surface area contributed by atoms with Gasteiger partial charge < -0.3 is 9.72 Å². The van der Waals surface area contributed by atoms with Crippen LogP contribution in [-0.2, 0) is 4.74 Å². The summed E-state index contributed by atoms with van der Waals surface area (Å²) < 4.78 is 6.71. The molecule has 2 heterocycles. The molecule has 2 aromatic heterocycles. The lowest BCUT2D eigenvalue weighted by Crippen LogP contribution is -2.17. The van der Waals surface area contributed by atoms with Gasteiger partial charge in [-0.15, -0.1) is 0 Å². The molecule has 134 valence electrons. The average molecular weight is 354 g/mol.